The number of H-pyrrole nitrogens is 1. The zero-order valence-corrected chi connectivity index (χ0v) is 14.3. The average molecular weight is 408 g/mol. The Kier molecular flexibility index (Phi) is 4.29. The summed E-state index contributed by atoms with van der Waals surface area (Å²) in [5.41, 5.74) is -1.07. The van der Waals surface area contributed by atoms with Crippen molar-refractivity contribution in [1.29, 1.82) is 0 Å². The molecule has 148 valence electrons. The summed E-state index contributed by atoms with van der Waals surface area (Å²) >= 11 is 0. The molecule has 0 fully saturated rings. The summed E-state index contributed by atoms with van der Waals surface area (Å²) in [5.74, 6) is 0.246. The lowest BCUT2D eigenvalue weighted by atomic mass is 10.0. The Morgan fingerprint density at radius 2 is 1.48 bits per heavy atom. The summed E-state index contributed by atoms with van der Waals surface area (Å²) < 4.78 is 77.9. The maximum absolute atomic E-state index is 13.2. The molecule has 4 aromatic rings. The predicted molar refractivity (Wildman–Crippen MR) is 92.6 cm³/mol. The number of benzene rings is 1. The smallest absolute Gasteiger partial charge is 0.337 e. The minimum absolute atomic E-state index is 0.0983. The van der Waals surface area contributed by atoms with E-state index < -0.39 is 23.5 Å². The van der Waals surface area contributed by atoms with Gasteiger partial charge in [0.25, 0.3) is 0 Å². The molecule has 0 unspecified atom stereocenters. The maximum atomic E-state index is 13.2. The first-order chi connectivity index (χ1) is 13.6. The summed E-state index contributed by atoms with van der Waals surface area (Å²) in [6.07, 6.45) is -7.13. The number of fused-ring (bicyclic) bond motifs is 1. The van der Waals surface area contributed by atoms with Crippen LogP contribution in [0.4, 0.5) is 26.3 Å². The van der Waals surface area contributed by atoms with Crippen LogP contribution in [-0.4, -0.2) is 19.9 Å². The lowest BCUT2D eigenvalue weighted by Crippen LogP contribution is -2.08. The topological polar surface area (TPSA) is 54.5 Å². The van der Waals surface area contributed by atoms with Crippen molar-refractivity contribution in [3.05, 3.63) is 66.0 Å². The molecule has 1 aromatic carbocycles. The minimum Gasteiger partial charge on any atom is -0.337 e. The highest BCUT2D eigenvalue weighted by atomic mass is 19.4. The van der Waals surface area contributed by atoms with Gasteiger partial charge in [-0.2, -0.15) is 26.3 Å². The van der Waals surface area contributed by atoms with Crippen LogP contribution >= 0.6 is 0 Å². The van der Waals surface area contributed by atoms with Gasteiger partial charge in [-0.1, -0.05) is 24.3 Å². The molecular formula is C19H10F6N4. The summed E-state index contributed by atoms with van der Waals surface area (Å²) in [6.45, 7) is 0. The molecule has 10 heteroatoms. The van der Waals surface area contributed by atoms with Gasteiger partial charge in [-0.05, 0) is 18.2 Å². The molecule has 4 rings (SSSR count). The molecule has 0 saturated heterocycles. The third-order valence-electron chi connectivity index (χ3n) is 4.21. The quantitative estimate of drug-likeness (QED) is 0.432. The second kappa shape index (κ2) is 6.57. The largest absolute Gasteiger partial charge is 0.418 e. The van der Waals surface area contributed by atoms with E-state index in [4.69, 9.17) is 0 Å². The standard InChI is InChI=1S/C19H10F6N4/c20-18(21,22)12-8-14-17(27-9-12)29-16(28-14)11-5-3-10(4-6-11)15-13(19(23,24)25)2-1-7-26-15/h1-9H,(H,27,28,29). The van der Waals surface area contributed by atoms with Crippen molar-refractivity contribution in [1.82, 2.24) is 19.9 Å². The summed E-state index contributed by atoms with van der Waals surface area (Å²) in [6, 6.07) is 8.94. The molecule has 4 nitrogen and oxygen atoms in total. The third-order valence-corrected chi connectivity index (χ3v) is 4.21. The van der Waals surface area contributed by atoms with Crippen LogP contribution in [0.5, 0.6) is 0 Å². The number of alkyl halides is 6. The fraction of sp³-hybridized carbons (Fsp3) is 0.105. The number of imidazole rings is 1. The minimum atomic E-state index is -4.55. The second-order valence-corrected chi connectivity index (χ2v) is 6.15. The van der Waals surface area contributed by atoms with Crippen LogP contribution in [0, 0.1) is 0 Å². The number of rotatable bonds is 2. The molecule has 0 aliphatic heterocycles. The van der Waals surface area contributed by atoms with Crippen LogP contribution in [0.2, 0.25) is 0 Å². The lowest BCUT2D eigenvalue weighted by Gasteiger charge is -2.11. The Balaban J connectivity index is 1.70. The van der Waals surface area contributed by atoms with Crippen molar-refractivity contribution in [3.8, 4) is 22.6 Å². The zero-order valence-electron chi connectivity index (χ0n) is 14.3. The number of hydrogen-bond acceptors (Lipinski definition) is 3. The lowest BCUT2D eigenvalue weighted by molar-refractivity contribution is -0.138. The van der Waals surface area contributed by atoms with Crippen molar-refractivity contribution in [2.75, 3.05) is 0 Å². The van der Waals surface area contributed by atoms with Crippen LogP contribution < -0.4 is 0 Å². The predicted octanol–water partition coefficient (Wildman–Crippen LogP) is 5.72. The first-order valence-corrected chi connectivity index (χ1v) is 8.19. The van der Waals surface area contributed by atoms with E-state index in [2.05, 4.69) is 19.9 Å². The van der Waals surface area contributed by atoms with E-state index in [0.29, 0.717) is 11.8 Å². The molecule has 3 aromatic heterocycles. The van der Waals surface area contributed by atoms with Crippen molar-refractivity contribution in [2.45, 2.75) is 12.4 Å². The summed E-state index contributed by atoms with van der Waals surface area (Å²) in [5, 5.41) is 0. The Hall–Kier alpha value is -3.43. The van der Waals surface area contributed by atoms with E-state index >= 15 is 0 Å². The van der Waals surface area contributed by atoms with Crippen LogP contribution in [0.15, 0.2) is 54.9 Å². The molecular weight excluding hydrogens is 398 g/mol. The van der Waals surface area contributed by atoms with Gasteiger partial charge in [0.05, 0.1) is 22.3 Å². The van der Waals surface area contributed by atoms with E-state index in [1.54, 1.807) is 0 Å². The zero-order chi connectivity index (χ0) is 20.8. The van der Waals surface area contributed by atoms with E-state index in [1.807, 2.05) is 0 Å². The van der Waals surface area contributed by atoms with Crippen LogP contribution in [0.1, 0.15) is 11.1 Å². The molecule has 0 aliphatic rings. The first kappa shape index (κ1) is 18.9. The van der Waals surface area contributed by atoms with E-state index in [9.17, 15) is 26.3 Å². The average Bonchev–Trinajstić information content (AvgIpc) is 3.10. The van der Waals surface area contributed by atoms with Gasteiger partial charge in [-0.15, -0.1) is 0 Å². The SMILES string of the molecule is FC(F)(F)c1cnc2nc(-c3ccc(-c4ncccc4C(F)(F)F)cc3)[nH]c2c1. The van der Waals surface area contributed by atoms with E-state index in [-0.39, 0.29) is 28.2 Å². The van der Waals surface area contributed by atoms with Crippen molar-refractivity contribution in [3.63, 3.8) is 0 Å². The van der Waals surface area contributed by atoms with E-state index in [1.165, 1.54) is 36.5 Å². The van der Waals surface area contributed by atoms with Crippen LogP contribution in [0.3, 0.4) is 0 Å². The number of aromatic amines is 1. The number of nitrogens with one attached hydrogen (secondary N) is 1. The highest BCUT2D eigenvalue weighted by Crippen LogP contribution is 2.36. The Morgan fingerprint density at radius 3 is 2.14 bits per heavy atom. The van der Waals surface area contributed by atoms with Crippen molar-refractivity contribution in [2.24, 2.45) is 0 Å². The molecule has 0 atom stereocenters. The van der Waals surface area contributed by atoms with Gasteiger partial charge in [0.2, 0.25) is 0 Å². The first-order valence-electron chi connectivity index (χ1n) is 8.19. The van der Waals surface area contributed by atoms with Gasteiger partial charge in [0.1, 0.15) is 5.82 Å². The van der Waals surface area contributed by atoms with Gasteiger partial charge in [-0.25, -0.2) is 9.97 Å². The molecule has 0 bridgehead atoms. The van der Waals surface area contributed by atoms with Gasteiger partial charge in [0, 0.05) is 23.5 Å². The van der Waals surface area contributed by atoms with Gasteiger partial charge in [0.15, 0.2) is 5.65 Å². The van der Waals surface area contributed by atoms with Crippen LogP contribution in [-0.2, 0) is 12.4 Å². The molecule has 0 aliphatic carbocycles. The number of aromatic nitrogens is 4. The summed E-state index contributed by atoms with van der Waals surface area (Å²) in [4.78, 5) is 14.4. The van der Waals surface area contributed by atoms with Gasteiger partial charge >= 0.3 is 12.4 Å². The number of hydrogen-bond donors (Lipinski definition) is 1. The molecule has 0 amide bonds. The Bertz CT molecular complexity index is 1180. The fourth-order valence-electron chi connectivity index (χ4n) is 2.84. The fourth-order valence-corrected chi connectivity index (χ4v) is 2.84. The summed E-state index contributed by atoms with van der Waals surface area (Å²) in [7, 11) is 0. The number of nitrogens with zero attached hydrogens (tertiary/aromatic N) is 3. The monoisotopic (exact) mass is 408 g/mol. The van der Waals surface area contributed by atoms with Crippen molar-refractivity contribution < 1.29 is 26.3 Å². The van der Waals surface area contributed by atoms with Gasteiger partial charge in [-0.3, -0.25) is 4.98 Å². The van der Waals surface area contributed by atoms with Crippen molar-refractivity contribution >= 4 is 11.2 Å². The maximum Gasteiger partial charge on any atom is 0.418 e. The molecule has 0 saturated carbocycles. The number of halogens is 6. The molecule has 1 N–H and O–H groups in total. The third kappa shape index (κ3) is 3.65. The molecule has 29 heavy (non-hydrogen) atoms. The Morgan fingerprint density at radius 1 is 0.793 bits per heavy atom. The second-order valence-electron chi connectivity index (χ2n) is 6.15. The highest BCUT2D eigenvalue weighted by molar-refractivity contribution is 5.77. The molecule has 0 radical (unpaired) electrons. The van der Waals surface area contributed by atoms with Crippen LogP contribution in [0.25, 0.3) is 33.8 Å². The number of pyridine rings is 2. The highest BCUT2D eigenvalue weighted by Gasteiger charge is 2.34. The molecule has 3 heterocycles. The van der Waals surface area contributed by atoms with Gasteiger partial charge < -0.3 is 4.98 Å². The normalized spacial score (nSPS) is 12.5. The molecule has 0 spiro atoms. The Labute approximate surface area is 159 Å². The van der Waals surface area contributed by atoms with E-state index in [0.717, 1.165) is 12.1 Å².